The van der Waals surface area contributed by atoms with Gasteiger partial charge in [0, 0.05) is 24.5 Å². The van der Waals surface area contributed by atoms with E-state index < -0.39 is 0 Å². The van der Waals surface area contributed by atoms with Crippen molar-refractivity contribution in [1.29, 1.82) is 0 Å². The zero-order valence-corrected chi connectivity index (χ0v) is 11.9. The molecule has 0 spiro atoms. The maximum absolute atomic E-state index is 5.77. The predicted octanol–water partition coefficient (Wildman–Crippen LogP) is 2.65. The van der Waals surface area contributed by atoms with Gasteiger partial charge in [-0.15, -0.1) is 11.3 Å². The summed E-state index contributed by atoms with van der Waals surface area (Å²) in [6.45, 7) is 9.74. The maximum Gasteiger partial charge on any atom is 0.185 e. The zero-order valence-electron chi connectivity index (χ0n) is 11.1. The van der Waals surface area contributed by atoms with Gasteiger partial charge in [-0.3, -0.25) is 0 Å². The summed E-state index contributed by atoms with van der Waals surface area (Å²) < 4.78 is 0. The van der Waals surface area contributed by atoms with Crippen LogP contribution in [0.5, 0.6) is 0 Å². The van der Waals surface area contributed by atoms with E-state index in [0.717, 1.165) is 24.8 Å². The SMILES string of the molecule is CCc1nc(N2CCC(C(C)C)C2)sc1CN. The van der Waals surface area contributed by atoms with Crippen molar-refractivity contribution in [2.24, 2.45) is 17.6 Å². The molecule has 0 bridgehead atoms. The highest BCUT2D eigenvalue weighted by molar-refractivity contribution is 7.15. The monoisotopic (exact) mass is 253 g/mol. The smallest absolute Gasteiger partial charge is 0.185 e. The third-order valence-corrected chi connectivity index (χ3v) is 4.91. The fourth-order valence-electron chi connectivity index (χ4n) is 2.45. The normalized spacial score (nSPS) is 20.5. The van der Waals surface area contributed by atoms with Gasteiger partial charge in [0.2, 0.25) is 0 Å². The lowest BCUT2D eigenvalue weighted by Crippen LogP contribution is -2.20. The highest BCUT2D eigenvalue weighted by atomic mass is 32.1. The molecule has 0 amide bonds. The molecule has 4 heteroatoms. The Labute approximate surface area is 108 Å². The second-order valence-corrected chi connectivity index (χ2v) is 6.22. The molecule has 3 nitrogen and oxygen atoms in total. The minimum absolute atomic E-state index is 0.627. The Hall–Kier alpha value is -0.610. The van der Waals surface area contributed by atoms with Crippen LogP contribution in [-0.2, 0) is 13.0 Å². The number of hydrogen-bond donors (Lipinski definition) is 1. The minimum atomic E-state index is 0.627. The number of nitrogens with two attached hydrogens (primary N) is 1. The summed E-state index contributed by atoms with van der Waals surface area (Å²) in [7, 11) is 0. The first kappa shape index (κ1) is 12.8. The summed E-state index contributed by atoms with van der Waals surface area (Å²) in [5.74, 6) is 1.60. The molecule has 1 aromatic heterocycles. The topological polar surface area (TPSA) is 42.2 Å². The van der Waals surface area contributed by atoms with Crippen molar-refractivity contribution in [3.05, 3.63) is 10.6 Å². The van der Waals surface area contributed by atoms with Gasteiger partial charge in [0.15, 0.2) is 5.13 Å². The molecule has 1 aromatic rings. The van der Waals surface area contributed by atoms with E-state index in [9.17, 15) is 0 Å². The molecule has 1 fully saturated rings. The molecule has 0 saturated carbocycles. The summed E-state index contributed by atoms with van der Waals surface area (Å²) in [4.78, 5) is 8.44. The Kier molecular flexibility index (Phi) is 4.05. The highest BCUT2D eigenvalue weighted by Gasteiger charge is 2.27. The lowest BCUT2D eigenvalue weighted by atomic mass is 9.95. The average molecular weight is 253 g/mol. The zero-order chi connectivity index (χ0) is 12.4. The summed E-state index contributed by atoms with van der Waals surface area (Å²) in [5.41, 5.74) is 6.96. The van der Waals surface area contributed by atoms with Crippen LogP contribution in [0, 0.1) is 11.8 Å². The van der Waals surface area contributed by atoms with Gasteiger partial charge in [-0.25, -0.2) is 4.98 Å². The van der Waals surface area contributed by atoms with Crippen molar-refractivity contribution in [2.75, 3.05) is 18.0 Å². The van der Waals surface area contributed by atoms with Crippen molar-refractivity contribution in [2.45, 2.75) is 40.2 Å². The van der Waals surface area contributed by atoms with Crippen LogP contribution in [-0.4, -0.2) is 18.1 Å². The fraction of sp³-hybridized carbons (Fsp3) is 0.769. The lowest BCUT2D eigenvalue weighted by Gasteiger charge is -2.16. The van der Waals surface area contributed by atoms with Gasteiger partial charge in [0.25, 0.3) is 0 Å². The summed E-state index contributed by atoms with van der Waals surface area (Å²) in [6, 6.07) is 0. The third-order valence-electron chi connectivity index (χ3n) is 3.73. The number of anilines is 1. The number of rotatable bonds is 4. The standard InChI is InChI=1S/C13H23N3S/c1-4-11-12(7-14)17-13(15-11)16-6-5-10(8-16)9(2)3/h9-10H,4-8,14H2,1-3H3. The number of thiazole rings is 1. The summed E-state index contributed by atoms with van der Waals surface area (Å²) >= 11 is 1.78. The van der Waals surface area contributed by atoms with E-state index in [1.165, 1.54) is 28.7 Å². The predicted molar refractivity (Wildman–Crippen MR) is 74.5 cm³/mol. The number of nitrogens with zero attached hydrogens (tertiary/aromatic N) is 2. The second-order valence-electron chi connectivity index (χ2n) is 5.16. The van der Waals surface area contributed by atoms with Crippen LogP contribution in [0.3, 0.4) is 0 Å². The Balaban J connectivity index is 2.11. The van der Waals surface area contributed by atoms with Crippen LogP contribution < -0.4 is 10.6 Å². The molecule has 1 aliphatic rings. The van der Waals surface area contributed by atoms with Crippen LogP contribution in [0.4, 0.5) is 5.13 Å². The van der Waals surface area contributed by atoms with E-state index in [1.54, 1.807) is 11.3 Å². The van der Waals surface area contributed by atoms with Crippen LogP contribution in [0.25, 0.3) is 0 Å². The largest absolute Gasteiger partial charge is 0.348 e. The van der Waals surface area contributed by atoms with Crippen LogP contribution in [0.2, 0.25) is 0 Å². The molecule has 1 unspecified atom stereocenters. The molecule has 2 rings (SSSR count). The molecule has 2 heterocycles. The molecular weight excluding hydrogens is 230 g/mol. The van der Waals surface area contributed by atoms with Gasteiger partial charge in [0.1, 0.15) is 0 Å². The van der Waals surface area contributed by atoms with E-state index in [1.807, 2.05) is 0 Å². The van der Waals surface area contributed by atoms with Gasteiger partial charge in [0.05, 0.1) is 5.69 Å². The van der Waals surface area contributed by atoms with Crippen LogP contribution >= 0.6 is 11.3 Å². The molecular formula is C13H23N3S. The minimum Gasteiger partial charge on any atom is -0.348 e. The maximum atomic E-state index is 5.77. The summed E-state index contributed by atoms with van der Waals surface area (Å²) in [6.07, 6.45) is 2.29. The van der Waals surface area contributed by atoms with Crippen molar-refractivity contribution >= 4 is 16.5 Å². The lowest BCUT2D eigenvalue weighted by molar-refractivity contribution is 0.422. The second kappa shape index (κ2) is 5.36. The highest BCUT2D eigenvalue weighted by Crippen LogP contribution is 2.32. The summed E-state index contributed by atoms with van der Waals surface area (Å²) in [5, 5.41) is 1.19. The van der Waals surface area contributed by atoms with E-state index >= 15 is 0 Å². The Morgan fingerprint density at radius 2 is 2.29 bits per heavy atom. The van der Waals surface area contributed by atoms with E-state index in [0.29, 0.717) is 6.54 Å². The Morgan fingerprint density at radius 1 is 1.53 bits per heavy atom. The molecule has 96 valence electrons. The van der Waals surface area contributed by atoms with E-state index in [4.69, 9.17) is 10.7 Å². The molecule has 0 aromatic carbocycles. The molecule has 2 N–H and O–H groups in total. The van der Waals surface area contributed by atoms with E-state index in [-0.39, 0.29) is 0 Å². The first-order valence-corrected chi connectivity index (χ1v) is 7.41. The van der Waals surface area contributed by atoms with E-state index in [2.05, 4.69) is 25.7 Å². The van der Waals surface area contributed by atoms with Crippen LogP contribution in [0.1, 0.15) is 37.8 Å². The average Bonchev–Trinajstić information content (AvgIpc) is 2.94. The molecule has 1 saturated heterocycles. The Bertz CT molecular complexity index is 351. The van der Waals surface area contributed by atoms with Gasteiger partial charge in [-0.05, 0) is 24.7 Å². The van der Waals surface area contributed by atoms with Crippen molar-refractivity contribution in [1.82, 2.24) is 4.98 Å². The third kappa shape index (κ3) is 2.63. The number of aryl methyl sites for hydroxylation is 1. The molecule has 17 heavy (non-hydrogen) atoms. The van der Waals surface area contributed by atoms with Crippen molar-refractivity contribution in [3.63, 3.8) is 0 Å². The van der Waals surface area contributed by atoms with Crippen molar-refractivity contribution in [3.8, 4) is 0 Å². The van der Waals surface area contributed by atoms with Gasteiger partial charge in [-0.2, -0.15) is 0 Å². The Morgan fingerprint density at radius 3 is 2.76 bits per heavy atom. The molecule has 1 aliphatic heterocycles. The molecule has 0 aliphatic carbocycles. The molecule has 1 atom stereocenters. The van der Waals surface area contributed by atoms with Gasteiger partial charge < -0.3 is 10.6 Å². The van der Waals surface area contributed by atoms with Gasteiger partial charge in [-0.1, -0.05) is 20.8 Å². The van der Waals surface area contributed by atoms with Crippen molar-refractivity contribution < 1.29 is 0 Å². The quantitative estimate of drug-likeness (QED) is 0.897. The first-order valence-electron chi connectivity index (χ1n) is 6.59. The molecule has 0 radical (unpaired) electrons. The fourth-order valence-corrected chi connectivity index (χ4v) is 3.51. The number of aromatic nitrogens is 1. The first-order chi connectivity index (χ1) is 8.15. The number of hydrogen-bond acceptors (Lipinski definition) is 4. The van der Waals surface area contributed by atoms with Gasteiger partial charge >= 0.3 is 0 Å². The van der Waals surface area contributed by atoms with Crippen LogP contribution in [0.15, 0.2) is 0 Å².